The molecule has 0 N–H and O–H groups in total. The molecule has 2 fully saturated rings. The van der Waals surface area contributed by atoms with Crippen LogP contribution in [-0.4, -0.2) is 38.7 Å². The third-order valence-electron chi connectivity index (χ3n) is 6.66. The van der Waals surface area contributed by atoms with Crippen molar-refractivity contribution < 1.29 is 4.79 Å². The molecule has 6 rings (SSSR count). The summed E-state index contributed by atoms with van der Waals surface area (Å²) in [6, 6.07) is 14.6. The lowest BCUT2D eigenvalue weighted by atomic mass is 9.75. The van der Waals surface area contributed by atoms with E-state index in [0.717, 1.165) is 35.1 Å². The molecule has 1 aromatic carbocycles. The Balaban J connectivity index is 1.29. The molecule has 1 spiro atoms. The first-order chi connectivity index (χ1) is 13.6. The van der Waals surface area contributed by atoms with Crippen LogP contribution in [-0.2, 0) is 16.8 Å². The van der Waals surface area contributed by atoms with Crippen molar-refractivity contribution in [1.29, 1.82) is 5.26 Å². The number of nitriles is 1. The quantitative estimate of drug-likeness (QED) is 0.696. The Morgan fingerprint density at radius 1 is 1.14 bits per heavy atom. The normalized spacial score (nSPS) is 20.6. The highest BCUT2D eigenvalue weighted by Crippen LogP contribution is 2.51. The molecule has 6 heteroatoms. The Bertz CT molecular complexity index is 1180. The molecule has 1 saturated heterocycles. The number of benzene rings is 1. The summed E-state index contributed by atoms with van der Waals surface area (Å²) in [5.41, 5.74) is 3.42. The zero-order chi connectivity index (χ0) is 18.9. The number of nitrogens with zero attached hydrogens (tertiary/aromatic N) is 5. The number of amides is 1. The van der Waals surface area contributed by atoms with E-state index < -0.39 is 5.41 Å². The third-order valence-corrected chi connectivity index (χ3v) is 6.66. The molecular formula is C22H19N5O. The van der Waals surface area contributed by atoms with Crippen LogP contribution >= 0.6 is 0 Å². The van der Waals surface area contributed by atoms with E-state index in [0.29, 0.717) is 25.9 Å². The Morgan fingerprint density at radius 2 is 1.96 bits per heavy atom. The molecule has 4 heterocycles. The lowest BCUT2D eigenvalue weighted by Crippen LogP contribution is -2.61. The molecule has 138 valence electrons. The van der Waals surface area contributed by atoms with Gasteiger partial charge in [-0.3, -0.25) is 14.5 Å². The van der Waals surface area contributed by atoms with Crippen LogP contribution in [0.15, 0.2) is 42.6 Å². The van der Waals surface area contributed by atoms with Gasteiger partial charge in [0.25, 0.3) is 0 Å². The van der Waals surface area contributed by atoms with Crippen LogP contribution < -0.4 is 0 Å². The number of pyridine rings is 1. The zero-order valence-electron chi connectivity index (χ0n) is 15.4. The van der Waals surface area contributed by atoms with E-state index in [4.69, 9.17) is 5.10 Å². The van der Waals surface area contributed by atoms with Gasteiger partial charge in [0.15, 0.2) is 0 Å². The van der Waals surface area contributed by atoms with Gasteiger partial charge in [-0.1, -0.05) is 18.2 Å². The summed E-state index contributed by atoms with van der Waals surface area (Å²) in [5.74, 6) is 0.0255. The Morgan fingerprint density at radius 3 is 2.75 bits per heavy atom. The molecule has 1 aliphatic carbocycles. The molecule has 3 aromatic rings. The number of rotatable bonds is 2. The van der Waals surface area contributed by atoms with Gasteiger partial charge >= 0.3 is 0 Å². The second kappa shape index (κ2) is 5.20. The van der Waals surface area contributed by atoms with Crippen LogP contribution in [0.1, 0.15) is 25.0 Å². The molecule has 0 unspecified atom stereocenters. The van der Waals surface area contributed by atoms with E-state index in [-0.39, 0.29) is 11.3 Å². The fraction of sp³-hybridized carbons (Fsp3) is 0.364. The monoisotopic (exact) mass is 369 g/mol. The number of fused-ring (bicyclic) bond motifs is 3. The Kier molecular flexibility index (Phi) is 2.94. The molecule has 2 aromatic heterocycles. The first kappa shape index (κ1) is 15.8. The first-order valence-electron chi connectivity index (χ1n) is 9.77. The number of carbonyl (C=O) groups excluding carboxylic acids is 1. The number of para-hydroxylation sites is 1. The van der Waals surface area contributed by atoms with E-state index in [2.05, 4.69) is 33.9 Å². The predicted octanol–water partition coefficient (Wildman–Crippen LogP) is 2.89. The smallest absolute Gasteiger partial charge is 0.243 e. The number of hydrogen-bond acceptors (Lipinski definition) is 4. The average Bonchev–Trinajstić information content (AvgIpc) is 3.26. The van der Waals surface area contributed by atoms with Crippen LogP contribution in [0.5, 0.6) is 0 Å². The summed E-state index contributed by atoms with van der Waals surface area (Å²) in [7, 11) is 0. The Hall–Kier alpha value is -3.20. The summed E-state index contributed by atoms with van der Waals surface area (Å²) in [5, 5.41) is 15.2. The van der Waals surface area contributed by atoms with Crippen LogP contribution in [0.2, 0.25) is 0 Å². The molecule has 1 saturated carbocycles. The maximum Gasteiger partial charge on any atom is 0.243 e. The Labute approximate surface area is 162 Å². The van der Waals surface area contributed by atoms with Crippen molar-refractivity contribution in [2.45, 2.75) is 31.2 Å². The van der Waals surface area contributed by atoms with Crippen LogP contribution in [0.4, 0.5) is 0 Å². The van der Waals surface area contributed by atoms with Gasteiger partial charge in [0.2, 0.25) is 5.91 Å². The second-order valence-electron chi connectivity index (χ2n) is 8.44. The van der Waals surface area contributed by atoms with Crippen LogP contribution in [0.3, 0.4) is 0 Å². The number of hydrogen-bond donors (Lipinski definition) is 0. The molecule has 2 aliphatic heterocycles. The topological polar surface area (TPSA) is 74.8 Å². The highest BCUT2D eigenvalue weighted by molar-refractivity contribution is 5.89. The highest BCUT2D eigenvalue weighted by Gasteiger charge is 2.59. The minimum absolute atomic E-state index is 0.00325. The van der Waals surface area contributed by atoms with E-state index >= 15 is 0 Å². The van der Waals surface area contributed by atoms with Gasteiger partial charge in [0, 0.05) is 47.9 Å². The average molecular weight is 369 g/mol. The largest absolute Gasteiger partial charge is 0.339 e. The van der Waals surface area contributed by atoms with E-state index in [1.165, 1.54) is 5.69 Å². The number of aromatic nitrogens is 3. The van der Waals surface area contributed by atoms with Crippen molar-refractivity contribution in [2.24, 2.45) is 5.41 Å². The minimum atomic E-state index is -0.720. The number of aryl methyl sites for hydroxylation is 1. The number of likely N-dealkylation sites (tertiary alicyclic amines) is 1. The third kappa shape index (κ3) is 2.04. The molecular weight excluding hydrogens is 350 g/mol. The maximum absolute atomic E-state index is 12.6. The van der Waals surface area contributed by atoms with Gasteiger partial charge in [-0.15, -0.1) is 0 Å². The van der Waals surface area contributed by atoms with E-state index in [1.807, 2.05) is 29.3 Å². The van der Waals surface area contributed by atoms with Crippen molar-refractivity contribution in [1.82, 2.24) is 19.7 Å². The maximum atomic E-state index is 12.6. The number of carbonyl (C=O) groups is 1. The van der Waals surface area contributed by atoms with Crippen molar-refractivity contribution in [3.63, 3.8) is 0 Å². The van der Waals surface area contributed by atoms with Gasteiger partial charge in [0.1, 0.15) is 5.41 Å². The van der Waals surface area contributed by atoms with Crippen LogP contribution in [0.25, 0.3) is 22.2 Å². The summed E-state index contributed by atoms with van der Waals surface area (Å²) in [4.78, 5) is 19.0. The van der Waals surface area contributed by atoms with Gasteiger partial charge in [0.05, 0.1) is 17.3 Å². The lowest BCUT2D eigenvalue weighted by Gasteiger charge is -2.48. The first-order valence-corrected chi connectivity index (χ1v) is 9.77. The molecule has 28 heavy (non-hydrogen) atoms. The van der Waals surface area contributed by atoms with Crippen molar-refractivity contribution in [3.05, 3.63) is 48.3 Å². The van der Waals surface area contributed by atoms with Gasteiger partial charge in [-0.05, 0) is 37.5 Å². The molecule has 1 amide bonds. The standard InChI is InChI=1S/C22H19N5O/c23-12-21(5-6-21)20(28)26-13-22(14-26)7-8-27-19(22)10-18(25-27)16-9-15-3-1-2-4-17(15)24-11-16/h1-4,9-11H,5-8,13-14H2. The summed E-state index contributed by atoms with van der Waals surface area (Å²) in [6.45, 7) is 2.29. The summed E-state index contributed by atoms with van der Waals surface area (Å²) < 4.78 is 2.09. The summed E-state index contributed by atoms with van der Waals surface area (Å²) >= 11 is 0. The zero-order valence-corrected chi connectivity index (χ0v) is 15.4. The van der Waals surface area contributed by atoms with Gasteiger partial charge < -0.3 is 4.90 Å². The van der Waals surface area contributed by atoms with Crippen molar-refractivity contribution in [2.75, 3.05) is 13.1 Å². The fourth-order valence-electron chi connectivity index (χ4n) is 4.76. The highest BCUT2D eigenvalue weighted by atomic mass is 16.2. The molecule has 0 atom stereocenters. The van der Waals surface area contributed by atoms with E-state index in [9.17, 15) is 10.1 Å². The summed E-state index contributed by atoms with van der Waals surface area (Å²) in [6.07, 6.45) is 4.31. The molecule has 0 radical (unpaired) electrons. The van der Waals surface area contributed by atoms with Gasteiger partial charge in [-0.25, -0.2) is 0 Å². The van der Waals surface area contributed by atoms with Crippen LogP contribution in [0, 0.1) is 16.7 Å². The molecule has 0 bridgehead atoms. The minimum Gasteiger partial charge on any atom is -0.339 e. The van der Waals surface area contributed by atoms with E-state index in [1.54, 1.807) is 0 Å². The second-order valence-corrected chi connectivity index (χ2v) is 8.44. The molecule has 6 nitrogen and oxygen atoms in total. The SMILES string of the molecule is N#CC1(C(=O)N2CC3(CCn4nc(-c5cnc6ccccc6c5)cc43)C2)CC1. The van der Waals surface area contributed by atoms with Crippen molar-refractivity contribution >= 4 is 16.8 Å². The lowest BCUT2D eigenvalue weighted by molar-refractivity contribution is -0.143. The molecule has 3 aliphatic rings. The predicted molar refractivity (Wildman–Crippen MR) is 103 cm³/mol. The van der Waals surface area contributed by atoms with Crippen molar-refractivity contribution in [3.8, 4) is 17.3 Å². The van der Waals surface area contributed by atoms with Gasteiger partial charge in [-0.2, -0.15) is 10.4 Å². The fourth-order valence-corrected chi connectivity index (χ4v) is 4.76.